The molecule has 2 rings (SSSR count). The lowest BCUT2D eigenvalue weighted by Crippen LogP contribution is -2.51. The number of amides is 2. The molecule has 1 unspecified atom stereocenters. The van der Waals surface area contributed by atoms with Crippen molar-refractivity contribution < 1.29 is 14.3 Å². The number of benzene rings is 1. The molecule has 1 fully saturated rings. The fourth-order valence-electron chi connectivity index (χ4n) is 3.02. The van der Waals surface area contributed by atoms with Gasteiger partial charge in [0.15, 0.2) is 0 Å². The lowest BCUT2D eigenvalue weighted by Gasteiger charge is -2.36. The fourth-order valence-corrected chi connectivity index (χ4v) is 3.02. The van der Waals surface area contributed by atoms with Crippen LogP contribution < -0.4 is 15.4 Å². The molecule has 0 saturated carbocycles. The maximum absolute atomic E-state index is 12.2. The van der Waals surface area contributed by atoms with Crippen LogP contribution in [0.3, 0.4) is 0 Å². The van der Waals surface area contributed by atoms with Gasteiger partial charge in [0.25, 0.3) is 0 Å². The maximum atomic E-state index is 12.2. The summed E-state index contributed by atoms with van der Waals surface area (Å²) in [5.41, 5.74) is 1.75. The average Bonchev–Trinajstić information content (AvgIpc) is 2.56. The van der Waals surface area contributed by atoms with Gasteiger partial charge in [-0.15, -0.1) is 0 Å². The first-order chi connectivity index (χ1) is 11.5. The Hall–Kier alpha value is -1.79. The van der Waals surface area contributed by atoms with Gasteiger partial charge in [-0.3, -0.25) is 4.90 Å². The summed E-state index contributed by atoms with van der Waals surface area (Å²) in [6.07, 6.45) is 0. The van der Waals surface area contributed by atoms with Crippen LogP contribution in [0.5, 0.6) is 5.75 Å². The van der Waals surface area contributed by atoms with Crippen molar-refractivity contribution in [2.45, 2.75) is 26.8 Å². The molecule has 0 aliphatic carbocycles. The number of aryl methyl sites for hydroxylation is 1. The number of carbonyl (C=O) groups is 1. The molecule has 1 aromatic rings. The Morgan fingerprint density at radius 3 is 2.62 bits per heavy atom. The van der Waals surface area contributed by atoms with E-state index in [1.165, 1.54) is 0 Å². The molecular weight excluding hydrogens is 306 g/mol. The number of rotatable bonds is 6. The van der Waals surface area contributed by atoms with Gasteiger partial charge in [-0.1, -0.05) is 13.8 Å². The van der Waals surface area contributed by atoms with E-state index in [2.05, 4.69) is 29.4 Å². The Bertz CT molecular complexity index is 542. The number of anilines is 1. The van der Waals surface area contributed by atoms with Crippen LogP contribution in [0.15, 0.2) is 18.2 Å². The third kappa shape index (κ3) is 5.11. The van der Waals surface area contributed by atoms with Crippen molar-refractivity contribution in [3.8, 4) is 5.75 Å². The molecule has 0 radical (unpaired) electrons. The van der Waals surface area contributed by atoms with E-state index in [0.717, 1.165) is 43.3 Å². The number of nitrogens with zero attached hydrogens (tertiary/aromatic N) is 1. The summed E-state index contributed by atoms with van der Waals surface area (Å²) in [6, 6.07) is 5.74. The lowest BCUT2D eigenvalue weighted by atomic mass is 10.0. The van der Waals surface area contributed by atoms with Crippen LogP contribution in [0.4, 0.5) is 10.5 Å². The highest BCUT2D eigenvalue weighted by molar-refractivity contribution is 5.89. The minimum atomic E-state index is -0.182. The Labute approximate surface area is 144 Å². The number of hydrogen-bond acceptors (Lipinski definition) is 4. The van der Waals surface area contributed by atoms with Crippen molar-refractivity contribution in [1.82, 2.24) is 10.2 Å². The summed E-state index contributed by atoms with van der Waals surface area (Å²) in [5.74, 6) is 1.28. The van der Waals surface area contributed by atoms with Crippen LogP contribution in [-0.4, -0.2) is 56.9 Å². The molecule has 1 saturated heterocycles. The van der Waals surface area contributed by atoms with E-state index in [4.69, 9.17) is 9.47 Å². The van der Waals surface area contributed by atoms with E-state index in [-0.39, 0.29) is 6.03 Å². The molecule has 1 aromatic carbocycles. The summed E-state index contributed by atoms with van der Waals surface area (Å²) in [6.45, 7) is 10.3. The van der Waals surface area contributed by atoms with Crippen molar-refractivity contribution in [1.29, 1.82) is 0 Å². The highest BCUT2D eigenvalue weighted by atomic mass is 16.5. The fraction of sp³-hybridized carbons (Fsp3) is 0.611. The van der Waals surface area contributed by atoms with Crippen molar-refractivity contribution in [3.05, 3.63) is 23.8 Å². The number of hydrogen-bond donors (Lipinski definition) is 2. The predicted octanol–water partition coefficient (Wildman–Crippen LogP) is 2.48. The molecule has 6 nitrogen and oxygen atoms in total. The molecule has 2 N–H and O–H groups in total. The van der Waals surface area contributed by atoms with Crippen molar-refractivity contribution in [2.75, 3.05) is 45.3 Å². The third-order valence-corrected chi connectivity index (χ3v) is 4.41. The van der Waals surface area contributed by atoms with Crippen molar-refractivity contribution in [2.24, 2.45) is 5.92 Å². The van der Waals surface area contributed by atoms with Gasteiger partial charge < -0.3 is 20.1 Å². The molecule has 1 aliphatic heterocycles. The van der Waals surface area contributed by atoms with E-state index in [9.17, 15) is 4.79 Å². The molecule has 1 atom stereocenters. The van der Waals surface area contributed by atoms with E-state index < -0.39 is 0 Å². The van der Waals surface area contributed by atoms with Crippen LogP contribution in [-0.2, 0) is 4.74 Å². The lowest BCUT2D eigenvalue weighted by molar-refractivity contribution is 0.00728. The number of nitrogens with one attached hydrogen (secondary N) is 2. The molecular formula is C18H29N3O3. The summed E-state index contributed by atoms with van der Waals surface area (Å²) >= 11 is 0. The first-order valence-electron chi connectivity index (χ1n) is 8.52. The van der Waals surface area contributed by atoms with Crippen LogP contribution in [0.1, 0.15) is 19.4 Å². The summed E-state index contributed by atoms with van der Waals surface area (Å²) < 4.78 is 10.6. The molecule has 0 aromatic heterocycles. The minimum Gasteiger partial charge on any atom is -0.496 e. The van der Waals surface area contributed by atoms with E-state index in [1.54, 1.807) is 7.11 Å². The van der Waals surface area contributed by atoms with Gasteiger partial charge in [0.05, 0.1) is 20.3 Å². The van der Waals surface area contributed by atoms with Gasteiger partial charge >= 0.3 is 6.03 Å². The second-order valence-electron chi connectivity index (χ2n) is 6.48. The first kappa shape index (κ1) is 18.5. The van der Waals surface area contributed by atoms with Crippen LogP contribution in [0, 0.1) is 12.8 Å². The average molecular weight is 335 g/mol. The van der Waals surface area contributed by atoms with Gasteiger partial charge in [0, 0.05) is 31.4 Å². The van der Waals surface area contributed by atoms with Gasteiger partial charge in [-0.25, -0.2) is 4.79 Å². The SMILES string of the molecule is COc1ccc(NC(=O)NCC(C(C)C)N2CCOCC2)cc1C. The third-order valence-electron chi connectivity index (χ3n) is 4.41. The molecule has 2 amide bonds. The number of urea groups is 1. The summed E-state index contributed by atoms with van der Waals surface area (Å²) in [4.78, 5) is 14.6. The topological polar surface area (TPSA) is 62.8 Å². The largest absolute Gasteiger partial charge is 0.496 e. The Morgan fingerprint density at radius 1 is 1.33 bits per heavy atom. The molecule has 0 spiro atoms. The second kappa shape index (κ2) is 8.89. The highest BCUT2D eigenvalue weighted by Crippen LogP contribution is 2.21. The molecule has 24 heavy (non-hydrogen) atoms. The Kier molecular flexibility index (Phi) is 6.87. The minimum absolute atomic E-state index is 0.182. The second-order valence-corrected chi connectivity index (χ2v) is 6.48. The zero-order chi connectivity index (χ0) is 17.5. The zero-order valence-corrected chi connectivity index (χ0v) is 15.1. The van der Waals surface area contributed by atoms with Crippen LogP contribution >= 0.6 is 0 Å². The first-order valence-corrected chi connectivity index (χ1v) is 8.52. The van der Waals surface area contributed by atoms with Gasteiger partial charge in [0.2, 0.25) is 0 Å². The quantitative estimate of drug-likeness (QED) is 0.838. The number of morpholine rings is 1. The Balaban J connectivity index is 1.87. The Morgan fingerprint density at radius 2 is 2.04 bits per heavy atom. The molecule has 134 valence electrons. The number of carbonyl (C=O) groups excluding carboxylic acids is 1. The van der Waals surface area contributed by atoms with Crippen LogP contribution in [0.25, 0.3) is 0 Å². The van der Waals surface area contributed by atoms with E-state index in [1.807, 2.05) is 25.1 Å². The standard InChI is InChI=1S/C18H29N3O3/c1-13(2)16(21-7-9-24-10-8-21)12-19-18(22)20-15-5-6-17(23-4)14(3)11-15/h5-6,11,13,16H,7-10,12H2,1-4H3,(H2,19,20,22). The summed E-state index contributed by atoms with van der Waals surface area (Å²) in [7, 11) is 1.64. The van der Waals surface area contributed by atoms with E-state index >= 15 is 0 Å². The predicted molar refractivity (Wildman–Crippen MR) is 95.8 cm³/mol. The highest BCUT2D eigenvalue weighted by Gasteiger charge is 2.24. The normalized spacial score (nSPS) is 16.7. The maximum Gasteiger partial charge on any atom is 0.319 e. The van der Waals surface area contributed by atoms with Crippen LogP contribution in [0.2, 0.25) is 0 Å². The van der Waals surface area contributed by atoms with Crippen molar-refractivity contribution >= 4 is 11.7 Å². The molecule has 1 heterocycles. The molecule has 0 bridgehead atoms. The number of methoxy groups -OCH3 is 1. The smallest absolute Gasteiger partial charge is 0.319 e. The van der Waals surface area contributed by atoms with Crippen molar-refractivity contribution in [3.63, 3.8) is 0 Å². The zero-order valence-electron chi connectivity index (χ0n) is 15.1. The summed E-state index contributed by atoms with van der Waals surface area (Å²) in [5, 5.41) is 5.88. The van der Waals surface area contributed by atoms with E-state index in [0.29, 0.717) is 18.5 Å². The monoisotopic (exact) mass is 335 g/mol. The van der Waals surface area contributed by atoms with Gasteiger partial charge in [0.1, 0.15) is 5.75 Å². The van der Waals surface area contributed by atoms with Gasteiger partial charge in [-0.2, -0.15) is 0 Å². The molecule has 1 aliphatic rings. The van der Waals surface area contributed by atoms with Gasteiger partial charge in [-0.05, 0) is 36.6 Å². The molecule has 6 heteroatoms. The number of ether oxygens (including phenoxy) is 2.